The summed E-state index contributed by atoms with van der Waals surface area (Å²) in [5.41, 5.74) is -0.374. The number of aromatic nitrogens is 2. The van der Waals surface area contributed by atoms with Gasteiger partial charge in [-0.3, -0.25) is 0 Å². The molecule has 0 saturated carbocycles. The predicted molar refractivity (Wildman–Crippen MR) is 48.2 cm³/mol. The van der Waals surface area contributed by atoms with Crippen LogP contribution in [-0.2, 0) is 4.74 Å². The maximum Gasteiger partial charge on any atom is 0.342 e. The number of carbonyl (C=O) groups is 1. The zero-order chi connectivity index (χ0) is 10.8. The Kier molecular flexibility index (Phi) is 2.68. The fourth-order valence-electron chi connectivity index (χ4n) is 1.68. The quantitative estimate of drug-likeness (QED) is 0.799. The van der Waals surface area contributed by atoms with E-state index in [1.165, 1.54) is 0 Å². The summed E-state index contributed by atoms with van der Waals surface area (Å²) in [6, 6.07) is -0.0909. The Bertz CT molecular complexity index is 371. The van der Waals surface area contributed by atoms with Gasteiger partial charge in [-0.15, -0.1) is 0 Å². The standard InChI is InChI=1S/C9H11FN2O3/c10-8-7(9(13)14)5-11-12(8)6-1-3-15-4-2-6/h5-6H,1-4H2,(H,13,14). The molecular formula is C9H11FN2O3. The second kappa shape index (κ2) is 3.98. The molecular weight excluding hydrogens is 203 g/mol. The molecule has 2 heterocycles. The van der Waals surface area contributed by atoms with Crippen molar-refractivity contribution in [3.63, 3.8) is 0 Å². The molecule has 6 heteroatoms. The molecule has 0 bridgehead atoms. The number of carboxylic acid groups (broad SMARTS) is 1. The molecule has 0 aliphatic carbocycles. The molecule has 1 aliphatic heterocycles. The maximum atomic E-state index is 13.5. The van der Waals surface area contributed by atoms with E-state index in [0.29, 0.717) is 26.1 Å². The predicted octanol–water partition coefficient (Wildman–Crippen LogP) is 1.07. The summed E-state index contributed by atoms with van der Waals surface area (Å²) in [4.78, 5) is 10.6. The third kappa shape index (κ3) is 1.85. The van der Waals surface area contributed by atoms with Crippen molar-refractivity contribution < 1.29 is 19.0 Å². The molecule has 1 fully saturated rings. The molecule has 15 heavy (non-hydrogen) atoms. The van der Waals surface area contributed by atoms with Crippen molar-refractivity contribution in [3.8, 4) is 0 Å². The van der Waals surface area contributed by atoms with Gasteiger partial charge in [-0.25, -0.2) is 9.48 Å². The summed E-state index contributed by atoms with van der Waals surface area (Å²) in [5, 5.41) is 12.4. The Morgan fingerprint density at radius 1 is 1.60 bits per heavy atom. The van der Waals surface area contributed by atoms with E-state index < -0.39 is 11.9 Å². The molecule has 2 rings (SSSR count). The van der Waals surface area contributed by atoms with E-state index in [2.05, 4.69) is 5.10 Å². The lowest BCUT2D eigenvalue weighted by atomic mass is 10.1. The van der Waals surface area contributed by atoms with Crippen molar-refractivity contribution in [2.45, 2.75) is 18.9 Å². The van der Waals surface area contributed by atoms with Gasteiger partial charge in [0.05, 0.1) is 12.2 Å². The van der Waals surface area contributed by atoms with Gasteiger partial charge in [0.25, 0.3) is 0 Å². The average molecular weight is 214 g/mol. The SMILES string of the molecule is O=C(O)c1cnn(C2CCOCC2)c1F. The highest BCUT2D eigenvalue weighted by Gasteiger charge is 2.23. The molecule has 0 amide bonds. The number of nitrogens with zero attached hydrogens (tertiary/aromatic N) is 2. The summed E-state index contributed by atoms with van der Waals surface area (Å²) in [6.07, 6.45) is 2.38. The molecule has 0 unspecified atom stereocenters. The second-order valence-corrected chi connectivity index (χ2v) is 3.44. The summed E-state index contributed by atoms with van der Waals surface area (Å²) in [5.74, 6) is -2.06. The van der Waals surface area contributed by atoms with Crippen molar-refractivity contribution in [2.24, 2.45) is 0 Å². The molecule has 0 aromatic carbocycles. The number of hydrogen-bond acceptors (Lipinski definition) is 3. The number of rotatable bonds is 2. The fourth-order valence-corrected chi connectivity index (χ4v) is 1.68. The molecule has 1 N–H and O–H groups in total. The first-order valence-corrected chi connectivity index (χ1v) is 4.74. The van der Waals surface area contributed by atoms with Gasteiger partial charge in [-0.2, -0.15) is 9.49 Å². The van der Waals surface area contributed by atoms with Crippen LogP contribution in [0.4, 0.5) is 4.39 Å². The number of ether oxygens (including phenoxy) is 1. The van der Waals surface area contributed by atoms with Crippen LogP contribution in [0.1, 0.15) is 29.2 Å². The van der Waals surface area contributed by atoms with Crippen molar-refractivity contribution in [1.82, 2.24) is 9.78 Å². The molecule has 1 aromatic heterocycles. The first kappa shape index (κ1) is 10.1. The minimum absolute atomic E-state index is 0.0909. The molecule has 0 radical (unpaired) electrons. The lowest BCUT2D eigenvalue weighted by molar-refractivity contribution is 0.0619. The normalized spacial score (nSPS) is 17.9. The number of aromatic carboxylic acids is 1. The Labute approximate surface area is 85.5 Å². The zero-order valence-corrected chi connectivity index (χ0v) is 8.02. The smallest absolute Gasteiger partial charge is 0.342 e. The van der Waals surface area contributed by atoms with Crippen molar-refractivity contribution in [1.29, 1.82) is 0 Å². The molecule has 5 nitrogen and oxygen atoms in total. The van der Waals surface area contributed by atoms with Gasteiger partial charge in [0.15, 0.2) is 0 Å². The van der Waals surface area contributed by atoms with Gasteiger partial charge in [0.2, 0.25) is 5.95 Å². The topological polar surface area (TPSA) is 64.3 Å². The van der Waals surface area contributed by atoms with E-state index in [0.717, 1.165) is 10.9 Å². The zero-order valence-electron chi connectivity index (χ0n) is 8.02. The highest BCUT2D eigenvalue weighted by molar-refractivity contribution is 5.87. The molecule has 1 aromatic rings. The van der Waals surface area contributed by atoms with Gasteiger partial charge < -0.3 is 9.84 Å². The minimum Gasteiger partial charge on any atom is -0.477 e. The van der Waals surface area contributed by atoms with Crippen LogP contribution in [0, 0.1) is 5.95 Å². The van der Waals surface area contributed by atoms with Gasteiger partial charge in [-0.1, -0.05) is 0 Å². The monoisotopic (exact) mass is 214 g/mol. The lowest BCUT2D eigenvalue weighted by Gasteiger charge is -2.22. The van der Waals surface area contributed by atoms with Gasteiger partial charge in [-0.05, 0) is 12.8 Å². The van der Waals surface area contributed by atoms with Crippen LogP contribution in [-0.4, -0.2) is 34.1 Å². The maximum absolute atomic E-state index is 13.5. The molecule has 1 aliphatic rings. The molecule has 1 saturated heterocycles. The van der Waals surface area contributed by atoms with Crippen LogP contribution in [0.15, 0.2) is 6.20 Å². The van der Waals surface area contributed by atoms with E-state index in [1.54, 1.807) is 0 Å². The van der Waals surface area contributed by atoms with Gasteiger partial charge >= 0.3 is 5.97 Å². The third-order valence-electron chi connectivity index (χ3n) is 2.50. The summed E-state index contributed by atoms with van der Waals surface area (Å²) in [7, 11) is 0. The van der Waals surface area contributed by atoms with E-state index in [4.69, 9.17) is 9.84 Å². The van der Waals surface area contributed by atoms with Crippen LogP contribution in [0.2, 0.25) is 0 Å². The van der Waals surface area contributed by atoms with E-state index in [-0.39, 0.29) is 11.6 Å². The Morgan fingerprint density at radius 3 is 2.80 bits per heavy atom. The Morgan fingerprint density at radius 2 is 2.27 bits per heavy atom. The molecule has 82 valence electrons. The lowest BCUT2D eigenvalue weighted by Crippen LogP contribution is -2.22. The summed E-state index contributed by atoms with van der Waals surface area (Å²) >= 11 is 0. The fraction of sp³-hybridized carbons (Fsp3) is 0.556. The summed E-state index contributed by atoms with van der Waals surface area (Å²) in [6.45, 7) is 1.12. The van der Waals surface area contributed by atoms with Crippen molar-refractivity contribution >= 4 is 5.97 Å². The minimum atomic E-state index is -1.29. The Hall–Kier alpha value is -1.43. The van der Waals surface area contributed by atoms with Crippen molar-refractivity contribution in [3.05, 3.63) is 17.7 Å². The highest BCUT2D eigenvalue weighted by atomic mass is 19.1. The first-order valence-electron chi connectivity index (χ1n) is 4.74. The van der Waals surface area contributed by atoms with Crippen LogP contribution in [0.25, 0.3) is 0 Å². The Balaban J connectivity index is 2.24. The first-order chi connectivity index (χ1) is 7.20. The van der Waals surface area contributed by atoms with E-state index in [9.17, 15) is 9.18 Å². The molecule has 0 atom stereocenters. The number of hydrogen-bond donors (Lipinski definition) is 1. The average Bonchev–Trinajstić information content (AvgIpc) is 2.61. The number of carboxylic acids is 1. The van der Waals surface area contributed by atoms with E-state index in [1.807, 2.05) is 0 Å². The largest absolute Gasteiger partial charge is 0.477 e. The summed E-state index contributed by atoms with van der Waals surface area (Å²) < 4.78 is 19.8. The van der Waals surface area contributed by atoms with Crippen LogP contribution < -0.4 is 0 Å². The van der Waals surface area contributed by atoms with Gasteiger partial charge in [0.1, 0.15) is 5.56 Å². The van der Waals surface area contributed by atoms with Crippen molar-refractivity contribution in [2.75, 3.05) is 13.2 Å². The van der Waals surface area contributed by atoms with Crippen LogP contribution >= 0.6 is 0 Å². The highest BCUT2D eigenvalue weighted by Crippen LogP contribution is 2.22. The van der Waals surface area contributed by atoms with Crippen LogP contribution in [0.5, 0.6) is 0 Å². The van der Waals surface area contributed by atoms with Gasteiger partial charge in [0, 0.05) is 13.2 Å². The van der Waals surface area contributed by atoms with E-state index >= 15 is 0 Å². The van der Waals surface area contributed by atoms with Crippen LogP contribution in [0.3, 0.4) is 0 Å². The second-order valence-electron chi connectivity index (χ2n) is 3.44. The third-order valence-corrected chi connectivity index (χ3v) is 2.50. The number of halogens is 1. The molecule has 0 spiro atoms.